The smallest absolute Gasteiger partial charge is 0.307 e. The molecule has 0 aromatic rings. The van der Waals surface area contributed by atoms with E-state index in [1.165, 1.54) is 0 Å². The lowest BCUT2D eigenvalue weighted by Gasteiger charge is -2.39. The summed E-state index contributed by atoms with van der Waals surface area (Å²) in [7, 11) is 1.95. The average Bonchev–Trinajstić information content (AvgIpc) is 2.14. The molecule has 0 aliphatic heterocycles. The van der Waals surface area contributed by atoms with E-state index >= 15 is 0 Å². The van der Waals surface area contributed by atoms with Gasteiger partial charge in [-0.1, -0.05) is 6.92 Å². The molecule has 1 atom stereocenters. The molecule has 0 rings (SSSR count). The van der Waals surface area contributed by atoms with Gasteiger partial charge in [0.1, 0.15) is 0 Å². The molecule has 0 amide bonds. The number of nitrogens with one attached hydrogen (secondary N) is 1. The van der Waals surface area contributed by atoms with Crippen LogP contribution in [0.4, 0.5) is 13.2 Å². The lowest BCUT2D eigenvalue weighted by molar-refractivity contribution is -0.125. The van der Waals surface area contributed by atoms with Crippen LogP contribution in [-0.4, -0.2) is 42.8 Å². The number of alkyl halides is 3. The summed E-state index contributed by atoms with van der Waals surface area (Å²) < 4.78 is 35.8. The van der Waals surface area contributed by atoms with Crippen molar-refractivity contribution >= 4 is 0 Å². The zero-order valence-electron chi connectivity index (χ0n) is 10.8. The summed E-state index contributed by atoms with van der Waals surface area (Å²) in [4.78, 5) is 2.11. The van der Waals surface area contributed by atoms with Gasteiger partial charge in [0.2, 0.25) is 0 Å². The number of halogens is 3. The SMILES string of the molecule is CCC(C)(C)N(C)C(C)CNCC(F)(F)F. The molecule has 98 valence electrons. The third-order valence-corrected chi connectivity index (χ3v) is 3.25. The van der Waals surface area contributed by atoms with Crippen LogP contribution in [-0.2, 0) is 0 Å². The van der Waals surface area contributed by atoms with Crippen molar-refractivity contribution in [1.82, 2.24) is 10.2 Å². The van der Waals surface area contributed by atoms with Crippen molar-refractivity contribution in [2.45, 2.75) is 51.9 Å². The van der Waals surface area contributed by atoms with Crippen LogP contribution in [0.1, 0.15) is 34.1 Å². The van der Waals surface area contributed by atoms with Gasteiger partial charge in [-0.25, -0.2) is 0 Å². The fourth-order valence-electron chi connectivity index (χ4n) is 1.41. The molecule has 0 aliphatic carbocycles. The zero-order valence-corrected chi connectivity index (χ0v) is 10.8. The van der Waals surface area contributed by atoms with E-state index in [0.717, 1.165) is 6.42 Å². The molecule has 1 N–H and O–H groups in total. The van der Waals surface area contributed by atoms with Crippen LogP contribution in [0.25, 0.3) is 0 Å². The maximum atomic E-state index is 11.9. The van der Waals surface area contributed by atoms with Gasteiger partial charge in [-0.15, -0.1) is 0 Å². The lowest BCUT2D eigenvalue weighted by Crippen LogP contribution is -2.50. The molecule has 0 heterocycles. The van der Waals surface area contributed by atoms with E-state index in [-0.39, 0.29) is 11.6 Å². The van der Waals surface area contributed by atoms with Gasteiger partial charge in [0, 0.05) is 18.1 Å². The summed E-state index contributed by atoms with van der Waals surface area (Å²) >= 11 is 0. The number of nitrogens with zero attached hydrogens (tertiary/aromatic N) is 1. The molecule has 0 aromatic heterocycles. The number of rotatable bonds is 6. The quantitative estimate of drug-likeness (QED) is 0.768. The van der Waals surface area contributed by atoms with Crippen LogP contribution < -0.4 is 5.32 Å². The Morgan fingerprint density at radius 2 is 1.75 bits per heavy atom. The maximum absolute atomic E-state index is 11.9. The topological polar surface area (TPSA) is 15.3 Å². The molecular weight excluding hydrogens is 217 g/mol. The Morgan fingerprint density at radius 1 is 1.25 bits per heavy atom. The molecule has 16 heavy (non-hydrogen) atoms. The molecule has 0 radical (unpaired) electrons. The minimum atomic E-state index is -4.13. The molecule has 0 spiro atoms. The van der Waals surface area contributed by atoms with Crippen LogP contribution in [0.3, 0.4) is 0 Å². The Labute approximate surface area is 96.2 Å². The molecule has 5 heteroatoms. The monoisotopic (exact) mass is 240 g/mol. The highest BCUT2D eigenvalue weighted by atomic mass is 19.4. The largest absolute Gasteiger partial charge is 0.401 e. The average molecular weight is 240 g/mol. The van der Waals surface area contributed by atoms with E-state index in [2.05, 4.69) is 31.0 Å². The van der Waals surface area contributed by atoms with E-state index in [9.17, 15) is 13.2 Å². The highest BCUT2D eigenvalue weighted by Crippen LogP contribution is 2.19. The number of hydrogen-bond donors (Lipinski definition) is 1. The highest BCUT2D eigenvalue weighted by molar-refractivity contribution is 4.82. The van der Waals surface area contributed by atoms with Gasteiger partial charge >= 0.3 is 6.18 Å². The second kappa shape index (κ2) is 5.87. The molecule has 0 aromatic carbocycles. The normalized spacial score (nSPS) is 15.6. The van der Waals surface area contributed by atoms with Crippen molar-refractivity contribution in [3.8, 4) is 0 Å². The van der Waals surface area contributed by atoms with Crippen LogP contribution in [0, 0.1) is 0 Å². The first-order valence-corrected chi connectivity index (χ1v) is 5.60. The molecule has 0 saturated heterocycles. The second-order valence-electron chi connectivity index (χ2n) is 4.87. The van der Waals surface area contributed by atoms with Crippen LogP contribution >= 0.6 is 0 Å². The molecule has 1 unspecified atom stereocenters. The van der Waals surface area contributed by atoms with Crippen molar-refractivity contribution < 1.29 is 13.2 Å². The lowest BCUT2D eigenvalue weighted by atomic mass is 9.98. The summed E-state index contributed by atoms with van der Waals surface area (Å²) in [5.41, 5.74) is 0.0132. The van der Waals surface area contributed by atoms with Crippen molar-refractivity contribution in [3.05, 3.63) is 0 Å². The van der Waals surface area contributed by atoms with Crippen molar-refractivity contribution in [2.24, 2.45) is 0 Å². The fourth-order valence-corrected chi connectivity index (χ4v) is 1.41. The van der Waals surface area contributed by atoms with Gasteiger partial charge < -0.3 is 5.32 Å². The van der Waals surface area contributed by atoms with E-state index < -0.39 is 12.7 Å². The minimum absolute atomic E-state index is 0.0132. The highest BCUT2D eigenvalue weighted by Gasteiger charge is 2.28. The summed E-state index contributed by atoms with van der Waals surface area (Å²) in [6, 6.07) is 0.0808. The van der Waals surface area contributed by atoms with Gasteiger partial charge in [0.05, 0.1) is 6.54 Å². The van der Waals surface area contributed by atoms with Crippen molar-refractivity contribution in [1.29, 1.82) is 0 Å². The Hall–Kier alpha value is -0.290. The molecule has 0 fully saturated rings. The van der Waals surface area contributed by atoms with Gasteiger partial charge in [-0.2, -0.15) is 13.2 Å². The molecule has 0 bridgehead atoms. The third kappa shape index (κ3) is 5.70. The van der Waals surface area contributed by atoms with Gasteiger partial charge in [-0.3, -0.25) is 4.90 Å². The predicted molar refractivity (Wildman–Crippen MR) is 60.5 cm³/mol. The van der Waals surface area contributed by atoms with Crippen LogP contribution in [0.5, 0.6) is 0 Å². The van der Waals surface area contributed by atoms with Gasteiger partial charge in [0.25, 0.3) is 0 Å². The Bertz CT molecular complexity index is 202. The maximum Gasteiger partial charge on any atom is 0.401 e. The van der Waals surface area contributed by atoms with E-state index in [0.29, 0.717) is 6.54 Å². The Kier molecular flexibility index (Phi) is 5.76. The van der Waals surface area contributed by atoms with Crippen LogP contribution in [0.15, 0.2) is 0 Å². The zero-order chi connectivity index (χ0) is 13.0. The van der Waals surface area contributed by atoms with Crippen LogP contribution in [0.2, 0.25) is 0 Å². The number of likely N-dealkylation sites (N-methyl/N-ethyl adjacent to an activating group) is 1. The summed E-state index contributed by atoms with van der Waals surface area (Å²) in [5.74, 6) is 0. The predicted octanol–water partition coefficient (Wildman–Crippen LogP) is 2.65. The fraction of sp³-hybridized carbons (Fsp3) is 1.00. The first kappa shape index (κ1) is 15.7. The van der Waals surface area contributed by atoms with E-state index in [1.54, 1.807) is 0 Å². The summed E-state index contributed by atoms with van der Waals surface area (Å²) in [5, 5.41) is 2.44. The molecule has 0 saturated carbocycles. The first-order valence-electron chi connectivity index (χ1n) is 5.60. The molecule has 0 aliphatic rings. The third-order valence-electron chi connectivity index (χ3n) is 3.25. The first-order chi connectivity index (χ1) is 7.10. The Balaban J connectivity index is 4.02. The molecule has 2 nitrogen and oxygen atoms in total. The van der Waals surface area contributed by atoms with Gasteiger partial charge in [0.15, 0.2) is 0 Å². The summed E-state index contributed by atoms with van der Waals surface area (Å²) in [6.07, 6.45) is -3.16. The Morgan fingerprint density at radius 3 is 2.12 bits per heavy atom. The van der Waals surface area contributed by atoms with Gasteiger partial charge in [-0.05, 0) is 34.2 Å². The second-order valence-corrected chi connectivity index (χ2v) is 4.87. The van der Waals surface area contributed by atoms with E-state index in [1.807, 2.05) is 14.0 Å². The summed E-state index contributed by atoms with van der Waals surface area (Å²) in [6.45, 7) is 7.62. The van der Waals surface area contributed by atoms with E-state index in [4.69, 9.17) is 0 Å². The number of hydrogen-bond acceptors (Lipinski definition) is 2. The minimum Gasteiger partial charge on any atom is -0.307 e. The standard InChI is InChI=1S/C11H23F3N2/c1-6-10(3,4)16(5)9(2)7-15-8-11(12,13)14/h9,15H,6-8H2,1-5H3. The van der Waals surface area contributed by atoms with Crippen molar-refractivity contribution in [2.75, 3.05) is 20.1 Å². The van der Waals surface area contributed by atoms with Crippen molar-refractivity contribution in [3.63, 3.8) is 0 Å². The molecular formula is C11H23F3N2.